The average molecular weight is 434 g/mol. The Balaban J connectivity index is 1.65. The fourth-order valence-corrected chi connectivity index (χ4v) is 3.76. The molecule has 0 aliphatic rings. The van der Waals surface area contributed by atoms with Gasteiger partial charge in [0.15, 0.2) is 0 Å². The van der Waals surface area contributed by atoms with Crippen molar-refractivity contribution in [2.75, 3.05) is 25.6 Å². The van der Waals surface area contributed by atoms with Gasteiger partial charge in [0.25, 0.3) is 0 Å². The van der Waals surface area contributed by atoms with Crippen LogP contribution in [-0.4, -0.2) is 30.2 Å². The number of nitrogens with zero attached hydrogens (tertiary/aromatic N) is 2. The Labute approximate surface area is 165 Å². The van der Waals surface area contributed by atoms with E-state index in [0.29, 0.717) is 6.61 Å². The number of rotatable bonds is 8. The van der Waals surface area contributed by atoms with Crippen LogP contribution in [0.25, 0.3) is 10.6 Å². The van der Waals surface area contributed by atoms with Gasteiger partial charge in [0.2, 0.25) is 0 Å². The van der Waals surface area contributed by atoms with Gasteiger partial charge in [0.1, 0.15) is 23.6 Å². The first-order valence-corrected chi connectivity index (χ1v) is 9.97. The van der Waals surface area contributed by atoms with Crippen molar-refractivity contribution in [2.45, 2.75) is 13.3 Å². The number of hydrogen-bond acceptors (Lipinski definition) is 6. The fourth-order valence-electron chi connectivity index (χ4n) is 2.55. The molecule has 3 rings (SSSR count). The summed E-state index contributed by atoms with van der Waals surface area (Å²) < 4.78 is 12.0. The molecule has 0 bridgehead atoms. The minimum atomic E-state index is 0.659. The molecule has 1 N–H and O–H groups in total. The number of anilines is 1. The molecule has 2 aromatic heterocycles. The van der Waals surface area contributed by atoms with Gasteiger partial charge >= 0.3 is 0 Å². The minimum Gasteiger partial charge on any atom is -0.496 e. The first kappa shape index (κ1) is 18.7. The third-order valence-corrected chi connectivity index (χ3v) is 5.17. The normalized spacial score (nSPS) is 10.6. The van der Waals surface area contributed by atoms with E-state index < -0.39 is 0 Å². The van der Waals surface area contributed by atoms with Crippen LogP contribution in [0.4, 0.5) is 5.82 Å². The van der Waals surface area contributed by atoms with Gasteiger partial charge in [-0.3, -0.25) is 0 Å². The molecule has 0 unspecified atom stereocenters. The molecule has 5 nitrogen and oxygen atoms in total. The standard InChI is InChI=1S/C19H20BrN3O2S/c1-3-25-15-9-18(26-11-15)16-10-19(23-12-22-16)21-7-6-13-8-14(20)4-5-17(13)24-2/h4-5,8-12H,3,6-7H2,1-2H3,(H,21,22,23). The number of aromatic nitrogens is 2. The average Bonchev–Trinajstić information content (AvgIpc) is 3.11. The van der Waals surface area contributed by atoms with Gasteiger partial charge < -0.3 is 14.8 Å². The van der Waals surface area contributed by atoms with E-state index in [1.807, 2.05) is 36.6 Å². The molecule has 0 aliphatic carbocycles. The third-order valence-electron chi connectivity index (χ3n) is 3.75. The lowest BCUT2D eigenvalue weighted by Crippen LogP contribution is -2.07. The molecule has 2 heterocycles. The molecule has 7 heteroatoms. The van der Waals surface area contributed by atoms with Gasteiger partial charge in [-0.1, -0.05) is 15.9 Å². The molecule has 3 aromatic rings. The predicted molar refractivity (Wildman–Crippen MR) is 109 cm³/mol. The molecular formula is C19H20BrN3O2S. The molecular weight excluding hydrogens is 414 g/mol. The van der Waals surface area contributed by atoms with Crippen molar-refractivity contribution in [1.82, 2.24) is 9.97 Å². The van der Waals surface area contributed by atoms with Crippen molar-refractivity contribution in [1.29, 1.82) is 0 Å². The van der Waals surface area contributed by atoms with Crippen LogP contribution in [0.5, 0.6) is 11.5 Å². The number of benzene rings is 1. The van der Waals surface area contributed by atoms with Crippen LogP contribution in [0, 0.1) is 0 Å². The highest BCUT2D eigenvalue weighted by atomic mass is 79.9. The van der Waals surface area contributed by atoms with Crippen LogP contribution in [0.15, 0.2) is 46.5 Å². The summed E-state index contributed by atoms with van der Waals surface area (Å²) in [6.07, 6.45) is 2.41. The molecule has 26 heavy (non-hydrogen) atoms. The number of hydrogen-bond donors (Lipinski definition) is 1. The van der Waals surface area contributed by atoms with Crippen LogP contribution in [0.3, 0.4) is 0 Å². The maximum atomic E-state index is 5.52. The quantitative estimate of drug-likeness (QED) is 0.539. The highest BCUT2D eigenvalue weighted by molar-refractivity contribution is 9.10. The summed E-state index contributed by atoms with van der Waals surface area (Å²) in [5, 5.41) is 5.35. The summed E-state index contributed by atoms with van der Waals surface area (Å²) >= 11 is 5.12. The van der Waals surface area contributed by atoms with E-state index in [2.05, 4.69) is 37.3 Å². The van der Waals surface area contributed by atoms with E-state index in [1.165, 1.54) is 0 Å². The summed E-state index contributed by atoms with van der Waals surface area (Å²) in [5.41, 5.74) is 2.03. The van der Waals surface area contributed by atoms with Gasteiger partial charge in [-0.25, -0.2) is 9.97 Å². The predicted octanol–water partition coefficient (Wildman–Crippen LogP) is 5.03. The number of halogens is 1. The Bertz CT molecular complexity index is 869. The molecule has 0 amide bonds. The molecule has 136 valence electrons. The van der Waals surface area contributed by atoms with Crippen LogP contribution < -0.4 is 14.8 Å². The second-order valence-corrected chi connectivity index (χ2v) is 7.33. The first-order valence-electron chi connectivity index (χ1n) is 8.29. The number of thiophene rings is 1. The van der Waals surface area contributed by atoms with Crippen molar-refractivity contribution in [3.05, 3.63) is 52.1 Å². The Morgan fingerprint density at radius 1 is 1.19 bits per heavy atom. The lowest BCUT2D eigenvalue weighted by molar-refractivity contribution is 0.342. The maximum Gasteiger partial charge on any atom is 0.130 e. The van der Waals surface area contributed by atoms with Gasteiger partial charge in [-0.2, -0.15) is 0 Å². The zero-order valence-corrected chi connectivity index (χ0v) is 17.1. The number of nitrogens with one attached hydrogen (secondary N) is 1. The van der Waals surface area contributed by atoms with Crippen LogP contribution >= 0.6 is 27.3 Å². The smallest absolute Gasteiger partial charge is 0.130 e. The lowest BCUT2D eigenvalue weighted by atomic mass is 10.1. The summed E-state index contributed by atoms with van der Waals surface area (Å²) in [5.74, 6) is 2.57. The molecule has 0 aliphatic heterocycles. The van der Waals surface area contributed by atoms with E-state index in [0.717, 1.165) is 50.9 Å². The van der Waals surface area contributed by atoms with Gasteiger partial charge in [-0.15, -0.1) is 11.3 Å². The van der Waals surface area contributed by atoms with Crippen molar-refractivity contribution < 1.29 is 9.47 Å². The van der Waals surface area contributed by atoms with Gasteiger partial charge in [0.05, 0.1) is 24.3 Å². The highest BCUT2D eigenvalue weighted by Crippen LogP contribution is 2.30. The largest absolute Gasteiger partial charge is 0.496 e. The summed E-state index contributed by atoms with van der Waals surface area (Å²) in [6, 6.07) is 9.98. The van der Waals surface area contributed by atoms with Gasteiger partial charge in [0, 0.05) is 28.5 Å². The lowest BCUT2D eigenvalue weighted by Gasteiger charge is -2.10. The maximum absolute atomic E-state index is 5.52. The molecule has 1 aromatic carbocycles. The van der Waals surface area contributed by atoms with Crippen LogP contribution in [0.1, 0.15) is 12.5 Å². The summed E-state index contributed by atoms with van der Waals surface area (Å²) in [4.78, 5) is 9.74. The zero-order chi connectivity index (χ0) is 18.4. The van der Waals surface area contributed by atoms with E-state index in [4.69, 9.17) is 9.47 Å². The summed E-state index contributed by atoms with van der Waals surface area (Å²) in [7, 11) is 1.69. The highest BCUT2D eigenvalue weighted by Gasteiger charge is 2.07. The van der Waals surface area contributed by atoms with Crippen molar-refractivity contribution in [2.24, 2.45) is 0 Å². The number of ether oxygens (including phenoxy) is 2. The van der Waals surface area contributed by atoms with E-state index in [-0.39, 0.29) is 0 Å². The van der Waals surface area contributed by atoms with Gasteiger partial charge in [-0.05, 0) is 37.1 Å². The van der Waals surface area contributed by atoms with E-state index >= 15 is 0 Å². The molecule has 0 spiro atoms. The molecule has 0 atom stereocenters. The molecule has 0 saturated carbocycles. The Morgan fingerprint density at radius 3 is 2.88 bits per heavy atom. The zero-order valence-electron chi connectivity index (χ0n) is 14.7. The van der Waals surface area contributed by atoms with Crippen molar-refractivity contribution >= 4 is 33.1 Å². The third kappa shape index (κ3) is 4.74. The minimum absolute atomic E-state index is 0.659. The number of methoxy groups -OCH3 is 1. The molecule has 0 fully saturated rings. The molecule has 0 saturated heterocycles. The monoisotopic (exact) mass is 433 g/mol. The summed E-state index contributed by atoms with van der Waals surface area (Å²) in [6.45, 7) is 3.38. The van der Waals surface area contributed by atoms with Crippen molar-refractivity contribution in [3.63, 3.8) is 0 Å². The fraction of sp³-hybridized carbons (Fsp3) is 0.263. The first-order chi connectivity index (χ1) is 12.7. The Kier molecular flexibility index (Phi) is 6.46. The van der Waals surface area contributed by atoms with Crippen molar-refractivity contribution in [3.8, 4) is 22.1 Å². The molecule has 0 radical (unpaired) electrons. The topological polar surface area (TPSA) is 56.3 Å². The van der Waals surface area contributed by atoms with E-state index in [9.17, 15) is 0 Å². The van der Waals surface area contributed by atoms with E-state index in [1.54, 1.807) is 24.8 Å². The second kappa shape index (κ2) is 9.00. The Morgan fingerprint density at radius 2 is 2.08 bits per heavy atom. The SMILES string of the molecule is CCOc1csc(-c2cc(NCCc3cc(Br)ccc3OC)ncn2)c1. The van der Waals surface area contributed by atoms with Crippen LogP contribution in [-0.2, 0) is 6.42 Å². The van der Waals surface area contributed by atoms with Crippen LogP contribution in [0.2, 0.25) is 0 Å². The second-order valence-electron chi connectivity index (χ2n) is 5.50. The Hall–Kier alpha value is -2.12.